The normalized spacial score (nSPS) is 13.8. The van der Waals surface area contributed by atoms with Crippen molar-refractivity contribution in [2.24, 2.45) is 0 Å². The second kappa shape index (κ2) is 7.05. The molecule has 0 aliphatic carbocycles. The summed E-state index contributed by atoms with van der Waals surface area (Å²) in [4.78, 5) is 8.83. The molecule has 0 bridgehead atoms. The van der Waals surface area contributed by atoms with Crippen molar-refractivity contribution in [1.82, 2.24) is 9.97 Å². The lowest BCUT2D eigenvalue weighted by Gasteiger charge is -2.27. The molecule has 24 heavy (non-hydrogen) atoms. The Morgan fingerprint density at radius 3 is 2.83 bits per heavy atom. The zero-order valence-corrected chi connectivity index (χ0v) is 15.2. The number of aliphatic hydroxyl groups is 1. The van der Waals surface area contributed by atoms with Crippen molar-refractivity contribution in [3.63, 3.8) is 0 Å². The van der Waals surface area contributed by atoms with Crippen molar-refractivity contribution in [3.8, 4) is 5.75 Å². The lowest BCUT2D eigenvalue weighted by Crippen LogP contribution is -2.28. The van der Waals surface area contributed by atoms with E-state index in [9.17, 15) is 5.11 Å². The van der Waals surface area contributed by atoms with Gasteiger partial charge in [-0.05, 0) is 31.5 Å². The molecule has 3 aromatic rings. The first-order valence-electron chi connectivity index (χ1n) is 7.95. The number of rotatable bonds is 6. The van der Waals surface area contributed by atoms with E-state index in [0.717, 1.165) is 16.6 Å². The van der Waals surface area contributed by atoms with Crippen LogP contribution in [0.2, 0.25) is 5.02 Å². The van der Waals surface area contributed by atoms with Crippen LogP contribution in [0.4, 0.5) is 0 Å². The molecule has 0 fully saturated rings. The number of aromatic nitrogens is 2. The molecule has 0 saturated heterocycles. The SMILES string of the molecule is CCCC(O)(c1nc2cccc(Cl)c2s1)c1cnccc1OCC. The van der Waals surface area contributed by atoms with Gasteiger partial charge in [0.25, 0.3) is 0 Å². The molecule has 0 radical (unpaired) electrons. The number of fused-ring (bicyclic) bond motifs is 1. The Kier molecular flexibility index (Phi) is 5.04. The van der Waals surface area contributed by atoms with Gasteiger partial charge in [-0.2, -0.15) is 0 Å². The number of benzene rings is 1. The minimum absolute atomic E-state index is 0.519. The number of halogens is 1. The van der Waals surface area contributed by atoms with Gasteiger partial charge >= 0.3 is 0 Å². The molecular formula is C18H19ClN2O2S. The minimum Gasteiger partial charge on any atom is -0.493 e. The van der Waals surface area contributed by atoms with E-state index in [-0.39, 0.29) is 0 Å². The number of thiazole rings is 1. The number of hydrogen-bond donors (Lipinski definition) is 1. The van der Waals surface area contributed by atoms with Crippen molar-refractivity contribution < 1.29 is 9.84 Å². The maximum atomic E-state index is 11.5. The van der Waals surface area contributed by atoms with Crippen LogP contribution >= 0.6 is 22.9 Å². The van der Waals surface area contributed by atoms with Gasteiger partial charge in [-0.15, -0.1) is 11.3 Å². The first-order chi connectivity index (χ1) is 11.6. The number of ether oxygens (including phenoxy) is 1. The van der Waals surface area contributed by atoms with Crippen molar-refractivity contribution >= 4 is 33.2 Å². The summed E-state index contributed by atoms with van der Waals surface area (Å²) >= 11 is 7.69. The fourth-order valence-corrected chi connectivity index (χ4v) is 4.17. The van der Waals surface area contributed by atoms with Crippen molar-refractivity contribution in [2.45, 2.75) is 32.3 Å². The predicted octanol–water partition coefficient (Wildman–Crippen LogP) is 4.78. The second-order valence-corrected chi connectivity index (χ2v) is 6.93. The van der Waals surface area contributed by atoms with Crippen LogP contribution in [0.15, 0.2) is 36.7 Å². The monoisotopic (exact) mass is 362 g/mol. The van der Waals surface area contributed by atoms with E-state index >= 15 is 0 Å². The number of hydrogen-bond acceptors (Lipinski definition) is 5. The predicted molar refractivity (Wildman–Crippen MR) is 97.9 cm³/mol. The standard InChI is InChI=1S/C18H19ClN2O2S/c1-3-9-18(22,12-11-20-10-8-15(12)23-4-2)17-21-14-7-5-6-13(19)16(14)24-17/h5-8,10-11,22H,3-4,9H2,1-2H3. The number of nitrogens with zero attached hydrogens (tertiary/aromatic N) is 2. The second-order valence-electron chi connectivity index (χ2n) is 5.52. The average molecular weight is 363 g/mol. The van der Waals surface area contributed by atoms with Crippen molar-refractivity contribution in [1.29, 1.82) is 0 Å². The van der Waals surface area contributed by atoms with Gasteiger partial charge in [0.15, 0.2) is 0 Å². The van der Waals surface area contributed by atoms with Crippen LogP contribution in [-0.2, 0) is 5.60 Å². The highest BCUT2D eigenvalue weighted by Gasteiger charge is 2.37. The first kappa shape index (κ1) is 17.1. The fourth-order valence-electron chi connectivity index (χ4n) is 2.78. The average Bonchev–Trinajstić information content (AvgIpc) is 3.02. The van der Waals surface area contributed by atoms with Gasteiger partial charge in [0.2, 0.25) is 0 Å². The molecule has 0 spiro atoms. The summed E-state index contributed by atoms with van der Waals surface area (Å²) < 4.78 is 6.58. The van der Waals surface area contributed by atoms with E-state index in [1.54, 1.807) is 18.5 Å². The highest BCUT2D eigenvalue weighted by molar-refractivity contribution is 7.19. The maximum Gasteiger partial charge on any atom is 0.146 e. The summed E-state index contributed by atoms with van der Waals surface area (Å²) in [7, 11) is 0. The van der Waals surface area contributed by atoms with Crippen LogP contribution < -0.4 is 4.74 Å². The van der Waals surface area contributed by atoms with E-state index in [0.29, 0.717) is 34.4 Å². The molecule has 2 heterocycles. The van der Waals surface area contributed by atoms with Crippen molar-refractivity contribution in [3.05, 3.63) is 52.3 Å². The Morgan fingerprint density at radius 1 is 1.29 bits per heavy atom. The van der Waals surface area contributed by atoms with Crippen LogP contribution in [0.3, 0.4) is 0 Å². The molecular weight excluding hydrogens is 344 g/mol. The molecule has 6 heteroatoms. The third kappa shape index (κ3) is 2.99. The number of pyridine rings is 1. The first-order valence-corrected chi connectivity index (χ1v) is 9.14. The summed E-state index contributed by atoms with van der Waals surface area (Å²) in [6.07, 6.45) is 4.64. The summed E-state index contributed by atoms with van der Waals surface area (Å²) in [5.41, 5.74) is 0.184. The zero-order chi connectivity index (χ0) is 17.2. The maximum absolute atomic E-state index is 11.5. The van der Waals surface area contributed by atoms with Gasteiger partial charge in [-0.1, -0.05) is 31.0 Å². The molecule has 0 aliphatic rings. The van der Waals surface area contributed by atoms with Crippen LogP contribution in [0.5, 0.6) is 5.75 Å². The lowest BCUT2D eigenvalue weighted by atomic mass is 9.90. The molecule has 126 valence electrons. The van der Waals surface area contributed by atoms with Crippen LogP contribution in [-0.4, -0.2) is 21.7 Å². The Balaban J connectivity index is 2.19. The largest absolute Gasteiger partial charge is 0.493 e. The molecule has 1 aromatic carbocycles. The smallest absolute Gasteiger partial charge is 0.146 e. The molecule has 1 unspecified atom stereocenters. The van der Waals surface area contributed by atoms with Gasteiger partial charge < -0.3 is 9.84 Å². The van der Waals surface area contributed by atoms with Crippen molar-refractivity contribution in [2.75, 3.05) is 6.61 Å². The molecule has 2 aromatic heterocycles. The summed E-state index contributed by atoms with van der Waals surface area (Å²) in [6.45, 7) is 4.47. The molecule has 1 N–H and O–H groups in total. The zero-order valence-electron chi connectivity index (χ0n) is 13.6. The molecule has 4 nitrogen and oxygen atoms in total. The summed E-state index contributed by atoms with van der Waals surface area (Å²) in [5, 5.41) is 12.8. The van der Waals surface area contributed by atoms with Gasteiger partial charge in [-0.25, -0.2) is 4.98 Å². The van der Waals surface area contributed by atoms with Crippen LogP contribution in [0.25, 0.3) is 10.2 Å². The Bertz CT molecular complexity index is 852. The lowest BCUT2D eigenvalue weighted by molar-refractivity contribution is 0.0663. The molecule has 0 amide bonds. The quantitative estimate of drug-likeness (QED) is 0.685. The van der Waals surface area contributed by atoms with E-state index in [1.807, 2.05) is 32.0 Å². The van der Waals surface area contributed by atoms with Crippen LogP contribution in [0.1, 0.15) is 37.3 Å². The highest BCUT2D eigenvalue weighted by Crippen LogP contribution is 2.43. The minimum atomic E-state index is -1.25. The Morgan fingerprint density at radius 2 is 2.12 bits per heavy atom. The van der Waals surface area contributed by atoms with Crippen LogP contribution in [0, 0.1) is 0 Å². The van der Waals surface area contributed by atoms with E-state index in [1.165, 1.54) is 11.3 Å². The third-order valence-electron chi connectivity index (χ3n) is 3.86. The molecule has 1 atom stereocenters. The highest BCUT2D eigenvalue weighted by atomic mass is 35.5. The Hall–Kier alpha value is -1.69. The van der Waals surface area contributed by atoms with Gasteiger partial charge in [-0.3, -0.25) is 4.98 Å². The third-order valence-corrected chi connectivity index (χ3v) is 5.54. The topological polar surface area (TPSA) is 55.2 Å². The van der Waals surface area contributed by atoms with Gasteiger partial charge in [0.05, 0.1) is 27.4 Å². The van der Waals surface area contributed by atoms with Gasteiger partial charge in [0, 0.05) is 12.4 Å². The molecule has 0 aliphatic heterocycles. The van der Waals surface area contributed by atoms with E-state index in [4.69, 9.17) is 16.3 Å². The van der Waals surface area contributed by atoms with E-state index in [2.05, 4.69) is 9.97 Å². The van der Waals surface area contributed by atoms with Gasteiger partial charge in [0.1, 0.15) is 16.4 Å². The Labute approximate surface area is 150 Å². The summed E-state index contributed by atoms with van der Waals surface area (Å²) in [5.74, 6) is 0.633. The van der Waals surface area contributed by atoms with E-state index < -0.39 is 5.60 Å². The molecule has 3 rings (SSSR count). The fraction of sp³-hybridized carbons (Fsp3) is 0.333. The summed E-state index contributed by atoms with van der Waals surface area (Å²) in [6, 6.07) is 7.38. The molecule has 0 saturated carbocycles.